The Morgan fingerprint density at radius 3 is 2.47 bits per heavy atom. The number of nitro groups is 1. The van der Waals surface area contributed by atoms with Crippen molar-refractivity contribution in [3.63, 3.8) is 0 Å². The van der Waals surface area contributed by atoms with E-state index in [1.807, 2.05) is 23.1 Å². The van der Waals surface area contributed by atoms with Gasteiger partial charge >= 0.3 is 5.69 Å². The predicted octanol–water partition coefficient (Wildman–Crippen LogP) is 3.61. The summed E-state index contributed by atoms with van der Waals surface area (Å²) >= 11 is 3.32. The Kier molecular flexibility index (Phi) is 6.15. The lowest BCUT2D eigenvalue weighted by atomic mass is 10.2. The number of rotatable bonds is 6. The average Bonchev–Trinajstić information content (AvgIpc) is 2.76. The fourth-order valence-corrected chi connectivity index (χ4v) is 3.63. The second-order valence-corrected chi connectivity index (χ2v) is 7.80. The molecule has 0 radical (unpaired) electrons. The van der Waals surface area contributed by atoms with E-state index in [9.17, 15) is 10.1 Å². The highest BCUT2D eigenvalue weighted by Crippen LogP contribution is 2.33. The van der Waals surface area contributed by atoms with E-state index in [0.29, 0.717) is 24.7 Å². The minimum atomic E-state index is -0.438. The number of halogens is 1. The Hall–Kier alpha value is -3.11. The van der Waals surface area contributed by atoms with Crippen LogP contribution >= 0.6 is 15.9 Å². The summed E-state index contributed by atoms with van der Waals surface area (Å²) in [5.41, 5.74) is 1.12. The highest BCUT2D eigenvalue weighted by atomic mass is 79.9. The molecular weight excluding hydrogens is 450 g/mol. The number of piperazine rings is 1. The number of nitrogens with zero attached hydrogens (tertiary/aromatic N) is 6. The van der Waals surface area contributed by atoms with Crippen LogP contribution in [0, 0.1) is 10.1 Å². The van der Waals surface area contributed by atoms with E-state index >= 15 is 0 Å². The van der Waals surface area contributed by atoms with E-state index in [2.05, 4.69) is 53.2 Å². The van der Waals surface area contributed by atoms with Gasteiger partial charge in [0.2, 0.25) is 11.6 Å². The van der Waals surface area contributed by atoms with Gasteiger partial charge in [-0.2, -0.15) is 0 Å². The number of pyridine rings is 1. The third-order valence-corrected chi connectivity index (χ3v) is 5.35. The van der Waals surface area contributed by atoms with Crippen molar-refractivity contribution < 1.29 is 4.92 Å². The molecule has 0 spiro atoms. The topological polar surface area (TPSA) is 100 Å². The van der Waals surface area contributed by atoms with Crippen molar-refractivity contribution in [3.8, 4) is 0 Å². The number of nitrogens with one attached hydrogen (secondary N) is 1. The molecule has 0 unspecified atom stereocenters. The van der Waals surface area contributed by atoms with Gasteiger partial charge in [-0.15, -0.1) is 0 Å². The first kappa shape index (κ1) is 20.2. The van der Waals surface area contributed by atoms with Gasteiger partial charge in [0.1, 0.15) is 12.1 Å². The number of anilines is 3. The van der Waals surface area contributed by atoms with Crippen LogP contribution in [0.5, 0.6) is 0 Å². The maximum Gasteiger partial charge on any atom is 0.353 e. The summed E-state index contributed by atoms with van der Waals surface area (Å²) in [6.45, 7) is 3.77. The normalized spacial score (nSPS) is 14.5. The lowest BCUT2D eigenvalue weighted by molar-refractivity contribution is -0.383. The van der Waals surface area contributed by atoms with Crippen LogP contribution in [0.25, 0.3) is 0 Å². The molecule has 0 aliphatic carbocycles. The third-order valence-electron chi connectivity index (χ3n) is 4.88. The van der Waals surface area contributed by atoms with Gasteiger partial charge in [-0.1, -0.05) is 30.3 Å². The first-order valence-corrected chi connectivity index (χ1v) is 10.3. The molecule has 4 rings (SSSR count). The van der Waals surface area contributed by atoms with Crippen molar-refractivity contribution in [1.82, 2.24) is 19.9 Å². The average molecular weight is 470 g/mol. The quantitative estimate of drug-likeness (QED) is 0.431. The highest BCUT2D eigenvalue weighted by molar-refractivity contribution is 9.10. The molecule has 1 aliphatic rings. The molecule has 30 heavy (non-hydrogen) atoms. The van der Waals surface area contributed by atoms with E-state index < -0.39 is 4.92 Å². The third kappa shape index (κ3) is 4.71. The molecule has 154 valence electrons. The van der Waals surface area contributed by atoms with E-state index in [0.717, 1.165) is 24.1 Å². The van der Waals surface area contributed by atoms with Gasteiger partial charge in [-0.25, -0.2) is 15.0 Å². The maximum absolute atomic E-state index is 11.9. The van der Waals surface area contributed by atoms with Crippen molar-refractivity contribution in [2.45, 2.75) is 6.54 Å². The van der Waals surface area contributed by atoms with E-state index in [-0.39, 0.29) is 11.5 Å². The van der Waals surface area contributed by atoms with Crippen LogP contribution < -0.4 is 10.2 Å². The number of aromatic nitrogens is 3. The molecule has 1 N–H and O–H groups in total. The molecule has 1 saturated heterocycles. The highest BCUT2D eigenvalue weighted by Gasteiger charge is 2.29. The first-order chi connectivity index (χ1) is 14.6. The van der Waals surface area contributed by atoms with Gasteiger partial charge in [0.15, 0.2) is 0 Å². The van der Waals surface area contributed by atoms with Gasteiger partial charge in [-0.05, 0) is 33.6 Å². The maximum atomic E-state index is 11.9. The molecule has 0 bridgehead atoms. The standard InChI is InChI=1S/C20H20BrN7O2/c21-16-6-7-17(22-12-16)25-19-18(28(29)30)20(24-14-23-19)27-10-8-26(9-11-27)13-15-4-2-1-3-5-15/h1-7,12,14H,8-11,13H2,(H,22,23,24,25). The van der Waals surface area contributed by atoms with Crippen LogP contribution in [-0.2, 0) is 6.54 Å². The molecule has 0 saturated carbocycles. The summed E-state index contributed by atoms with van der Waals surface area (Å²) in [5.74, 6) is 0.930. The molecule has 10 heteroatoms. The Bertz CT molecular complexity index is 1010. The lowest BCUT2D eigenvalue weighted by Gasteiger charge is -2.35. The molecule has 3 aromatic rings. The molecule has 0 amide bonds. The Morgan fingerprint density at radius 1 is 1.03 bits per heavy atom. The predicted molar refractivity (Wildman–Crippen MR) is 118 cm³/mol. The fourth-order valence-electron chi connectivity index (χ4n) is 3.39. The van der Waals surface area contributed by atoms with Gasteiger partial charge in [-0.3, -0.25) is 15.0 Å². The minimum absolute atomic E-state index is 0.131. The zero-order valence-corrected chi connectivity index (χ0v) is 17.7. The molecule has 9 nitrogen and oxygen atoms in total. The van der Waals surface area contributed by atoms with Gasteiger partial charge < -0.3 is 10.2 Å². The number of hydrogen-bond donors (Lipinski definition) is 1. The number of hydrogen-bond acceptors (Lipinski definition) is 8. The molecule has 1 aliphatic heterocycles. The molecule has 1 aromatic carbocycles. The monoisotopic (exact) mass is 469 g/mol. The van der Waals surface area contributed by atoms with Crippen LogP contribution in [0.2, 0.25) is 0 Å². The van der Waals surface area contributed by atoms with Crippen LogP contribution in [0.4, 0.5) is 23.1 Å². The smallest absolute Gasteiger partial charge is 0.348 e. The van der Waals surface area contributed by atoms with Crippen molar-refractivity contribution in [2.75, 3.05) is 36.4 Å². The van der Waals surface area contributed by atoms with E-state index in [1.54, 1.807) is 18.3 Å². The Balaban J connectivity index is 1.50. The van der Waals surface area contributed by atoms with Crippen molar-refractivity contribution in [1.29, 1.82) is 0 Å². The summed E-state index contributed by atoms with van der Waals surface area (Å²) in [4.78, 5) is 28.2. The molecule has 1 fully saturated rings. The molecule has 2 aromatic heterocycles. The van der Waals surface area contributed by atoms with Gasteiger partial charge in [0.05, 0.1) is 4.92 Å². The second kappa shape index (κ2) is 9.14. The summed E-state index contributed by atoms with van der Waals surface area (Å²) in [7, 11) is 0. The summed E-state index contributed by atoms with van der Waals surface area (Å²) in [5, 5.41) is 14.8. The van der Waals surface area contributed by atoms with Gasteiger partial charge in [0.25, 0.3) is 0 Å². The zero-order chi connectivity index (χ0) is 20.9. The summed E-state index contributed by atoms with van der Waals surface area (Å²) < 4.78 is 0.819. The summed E-state index contributed by atoms with van der Waals surface area (Å²) in [6, 6.07) is 13.8. The fraction of sp³-hybridized carbons (Fsp3) is 0.250. The van der Waals surface area contributed by atoms with Crippen LogP contribution in [0.15, 0.2) is 59.5 Å². The van der Waals surface area contributed by atoms with Crippen molar-refractivity contribution in [2.24, 2.45) is 0 Å². The van der Waals surface area contributed by atoms with Crippen molar-refractivity contribution in [3.05, 3.63) is 75.1 Å². The van der Waals surface area contributed by atoms with Crippen LogP contribution in [0.1, 0.15) is 5.56 Å². The molecule has 0 atom stereocenters. The van der Waals surface area contributed by atoms with Crippen LogP contribution in [0.3, 0.4) is 0 Å². The van der Waals surface area contributed by atoms with E-state index in [1.165, 1.54) is 11.9 Å². The first-order valence-electron chi connectivity index (χ1n) is 9.49. The van der Waals surface area contributed by atoms with Gasteiger partial charge in [0, 0.05) is 43.4 Å². The van der Waals surface area contributed by atoms with E-state index in [4.69, 9.17) is 0 Å². The van der Waals surface area contributed by atoms with Crippen LogP contribution in [-0.4, -0.2) is 51.0 Å². The Labute approximate surface area is 182 Å². The van der Waals surface area contributed by atoms with Crippen molar-refractivity contribution >= 4 is 39.1 Å². The largest absolute Gasteiger partial charge is 0.353 e. The SMILES string of the molecule is O=[N+]([O-])c1c(Nc2ccc(Br)cn2)ncnc1N1CCN(Cc2ccccc2)CC1. The zero-order valence-electron chi connectivity index (χ0n) is 16.1. The Morgan fingerprint density at radius 2 is 1.80 bits per heavy atom. The molecule has 3 heterocycles. The lowest BCUT2D eigenvalue weighted by Crippen LogP contribution is -2.46. The molecular formula is C20H20BrN7O2. The summed E-state index contributed by atoms with van der Waals surface area (Å²) in [6.07, 6.45) is 2.96. The minimum Gasteiger partial charge on any atom is -0.348 e. The second-order valence-electron chi connectivity index (χ2n) is 6.89. The number of benzene rings is 1.